The van der Waals surface area contributed by atoms with Crippen LogP contribution in [0.5, 0.6) is 11.6 Å². The third-order valence-corrected chi connectivity index (χ3v) is 7.96. The molecule has 7 heteroatoms. The van der Waals surface area contributed by atoms with Crippen LogP contribution in [-0.2, 0) is 11.4 Å². The number of carboxylic acids is 1. The first-order valence-electron chi connectivity index (χ1n) is 13.6. The standard InChI is InChI=1S/C32H37F2NO4/c1-5-8-21(16-30(36)37)22-9-6-11-28(31(22)34)39-19-20-12-13-23(25-17-29(38-4)35-18-27(25)33)24(15-20)26-10-7-14-32(26,2)3/h6,9,11-13,15,17-18,21,26H,5,7-8,10,14,16,19H2,1-4H3,(H,36,37)/t21-,26-/m0/s1. The van der Waals surface area contributed by atoms with Crippen molar-refractivity contribution >= 4 is 5.97 Å². The van der Waals surface area contributed by atoms with Crippen molar-refractivity contribution < 1.29 is 28.2 Å². The maximum Gasteiger partial charge on any atom is 0.303 e. The van der Waals surface area contributed by atoms with Crippen molar-refractivity contribution in [1.82, 2.24) is 4.98 Å². The molecule has 0 amide bonds. The van der Waals surface area contributed by atoms with Gasteiger partial charge in [0.2, 0.25) is 5.88 Å². The number of aliphatic carboxylic acids is 1. The molecule has 3 aromatic rings. The normalized spacial score (nSPS) is 17.1. The van der Waals surface area contributed by atoms with Crippen LogP contribution in [0.25, 0.3) is 11.1 Å². The van der Waals surface area contributed by atoms with Crippen LogP contribution < -0.4 is 9.47 Å². The van der Waals surface area contributed by atoms with E-state index in [4.69, 9.17) is 9.47 Å². The third-order valence-electron chi connectivity index (χ3n) is 7.96. The zero-order valence-electron chi connectivity index (χ0n) is 23.1. The maximum atomic E-state index is 15.4. The van der Waals surface area contributed by atoms with Crippen LogP contribution in [0.3, 0.4) is 0 Å². The van der Waals surface area contributed by atoms with E-state index in [0.717, 1.165) is 42.4 Å². The lowest BCUT2D eigenvalue weighted by Gasteiger charge is -2.30. The molecular formula is C32H37F2NO4. The van der Waals surface area contributed by atoms with Gasteiger partial charge in [-0.1, -0.05) is 63.9 Å². The van der Waals surface area contributed by atoms with E-state index in [1.54, 1.807) is 24.3 Å². The van der Waals surface area contributed by atoms with Crippen LogP contribution in [0.15, 0.2) is 48.7 Å². The number of nitrogens with zero attached hydrogens (tertiary/aromatic N) is 1. The van der Waals surface area contributed by atoms with E-state index in [1.165, 1.54) is 13.3 Å². The Balaban J connectivity index is 1.67. The highest BCUT2D eigenvalue weighted by atomic mass is 19.1. The number of methoxy groups -OCH3 is 1. The molecule has 1 aliphatic rings. The van der Waals surface area contributed by atoms with E-state index in [1.807, 2.05) is 25.1 Å². The number of carbonyl (C=O) groups is 1. The lowest BCUT2D eigenvalue weighted by molar-refractivity contribution is -0.137. The molecule has 0 spiro atoms. The molecule has 0 bridgehead atoms. The van der Waals surface area contributed by atoms with Crippen LogP contribution in [0.4, 0.5) is 8.78 Å². The predicted octanol–water partition coefficient (Wildman–Crippen LogP) is 8.27. The largest absolute Gasteiger partial charge is 0.486 e. The van der Waals surface area contributed by atoms with Gasteiger partial charge in [0.05, 0.1) is 19.7 Å². The molecule has 0 unspecified atom stereocenters. The number of pyridine rings is 1. The highest BCUT2D eigenvalue weighted by Gasteiger charge is 2.37. The van der Waals surface area contributed by atoms with Crippen molar-refractivity contribution in [3.8, 4) is 22.8 Å². The van der Waals surface area contributed by atoms with Crippen molar-refractivity contribution in [1.29, 1.82) is 0 Å². The van der Waals surface area contributed by atoms with Gasteiger partial charge in [0.15, 0.2) is 11.6 Å². The topological polar surface area (TPSA) is 68.7 Å². The van der Waals surface area contributed by atoms with Crippen LogP contribution in [0, 0.1) is 17.0 Å². The predicted molar refractivity (Wildman–Crippen MR) is 147 cm³/mol. The number of hydrogen-bond donors (Lipinski definition) is 1. The van der Waals surface area contributed by atoms with Crippen molar-refractivity contribution in [2.75, 3.05) is 7.11 Å². The van der Waals surface area contributed by atoms with E-state index in [9.17, 15) is 14.3 Å². The molecule has 1 aromatic heterocycles. The summed E-state index contributed by atoms with van der Waals surface area (Å²) in [5.74, 6) is -1.65. The maximum absolute atomic E-state index is 15.4. The molecule has 2 atom stereocenters. The quantitative estimate of drug-likeness (QED) is 0.267. The minimum atomic E-state index is -0.954. The van der Waals surface area contributed by atoms with E-state index in [-0.39, 0.29) is 30.1 Å². The summed E-state index contributed by atoms with van der Waals surface area (Å²) in [4.78, 5) is 15.3. The number of carboxylic acid groups (broad SMARTS) is 1. The molecule has 1 N–H and O–H groups in total. The molecule has 0 radical (unpaired) electrons. The van der Waals surface area contributed by atoms with Gasteiger partial charge in [-0.05, 0) is 64.8 Å². The Hall–Kier alpha value is -3.48. The summed E-state index contributed by atoms with van der Waals surface area (Å²) in [7, 11) is 1.51. The Morgan fingerprint density at radius 1 is 1.18 bits per heavy atom. The number of halogens is 2. The summed E-state index contributed by atoms with van der Waals surface area (Å²) in [6.07, 6.45) is 5.53. The fourth-order valence-corrected chi connectivity index (χ4v) is 5.92. The molecule has 1 aliphatic carbocycles. The molecule has 0 aliphatic heterocycles. The molecule has 208 valence electrons. The number of ether oxygens (including phenoxy) is 2. The summed E-state index contributed by atoms with van der Waals surface area (Å²) < 4.78 is 41.6. The van der Waals surface area contributed by atoms with Gasteiger partial charge in [-0.25, -0.2) is 13.8 Å². The number of benzene rings is 2. The van der Waals surface area contributed by atoms with Gasteiger partial charge >= 0.3 is 5.97 Å². The van der Waals surface area contributed by atoms with Gasteiger partial charge in [0.25, 0.3) is 0 Å². The molecule has 1 fully saturated rings. The van der Waals surface area contributed by atoms with Gasteiger partial charge in [-0.2, -0.15) is 0 Å². The number of hydrogen-bond acceptors (Lipinski definition) is 4. The average Bonchev–Trinajstić information content (AvgIpc) is 3.26. The average molecular weight is 538 g/mol. The van der Waals surface area contributed by atoms with Crippen molar-refractivity contribution in [3.63, 3.8) is 0 Å². The van der Waals surface area contributed by atoms with Crippen LogP contribution >= 0.6 is 0 Å². The Morgan fingerprint density at radius 2 is 1.97 bits per heavy atom. The first kappa shape index (κ1) is 28.5. The zero-order chi connectivity index (χ0) is 28.2. The third kappa shape index (κ3) is 6.40. The van der Waals surface area contributed by atoms with Gasteiger partial charge in [0.1, 0.15) is 12.4 Å². The zero-order valence-corrected chi connectivity index (χ0v) is 23.1. The molecular weight excluding hydrogens is 500 g/mol. The van der Waals surface area contributed by atoms with Crippen LogP contribution in [0.1, 0.15) is 87.8 Å². The summed E-state index contributed by atoms with van der Waals surface area (Å²) in [6.45, 7) is 6.56. The van der Waals surface area contributed by atoms with Gasteiger partial charge in [-0.3, -0.25) is 4.79 Å². The lowest BCUT2D eigenvalue weighted by atomic mass is 9.75. The minimum Gasteiger partial charge on any atom is -0.486 e. The van der Waals surface area contributed by atoms with Gasteiger partial charge < -0.3 is 14.6 Å². The van der Waals surface area contributed by atoms with Crippen molar-refractivity contribution in [3.05, 3.63) is 77.0 Å². The summed E-state index contributed by atoms with van der Waals surface area (Å²) >= 11 is 0. The van der Waals surface area contributed by atoms with E-state index < -0.39 is 23.5 Å². The van der Waals surface area contributed by atoms with E-state index >= 15 is 4.39 Å². The lowest BCUT2D eigenvalue weighted by Crippen LogP contribution is -2.17. The second-order valence-corrected chi connectivity index (χ2v) is 11.1. The fourth-order valence-electron chi connectivity index (χ4n) is 5.92. The molecule has 4 rings (SSSR count). The van der Waals surface area contributed by atoms with Crippen molar-refractivity contribution in [2.24, 2.45) is 5.41 Å². The van der Waals surface area contributed by atoms with E-state index in [2.05, 4.69) is 18.8 Å². The SMILES string of the molecule is CCC[C@@H](CC(=O)O)c1cccc(OCc2ccc(-c3cc(OC)ncc3F)c([C@@H]3CCCC3(C)C)c2)c1F. The first-order chi connectivity index (χ1) is 18.6. The first-order valence-corrected chi connectivity index (χ1v) is 13.6. The summed E-state index contributed by atoms with van der Waals surface area (Å²) in [5.41, 5.74) is 3.51. The highest BCUT2D eigenvalue weighted by molar-refractivity contribution is 5.70. The van der Waals surface area contributed by atoms with Crippen LogP contribution in [0.2, 0.25) is 0 Å². The molecule has 1 saturated carbocycles. The fraction of sp³-hybridized carbons (Fsp3) is 0.438. The van der Waals surface area contributed by atoms with Gasteiger partial charge in [-0.15, -0.1) is 0 Å². The number of aromatic nitrogens is 1. The molecule has 1 heterocycles. The second kappa shape index (κ2) is 12.1. The van der Waals surface area contributed by atoms with Gasteiger partial charge in [0, 0.05) is 11.6 Å². The van der Waals surface area contributed by atoms with Crippen molar-refractivity contribution in [2.45, 2.75) is 77.7 Å². The molecule has 39 heavy (non-hydrogen) atoms. The smallest absolute Gasteiger partial charge is 0.303 e. The minimum absolute atomic E-state index is 0.0424. The number of rotatable bonds is 11. The summed E-state index contributed by atoms with van der Waals surface area (Å²) in [5, 5.41) is 9.30. The Labute approximate surface area is 229 Å². The Kier molecular flexibility index (Phi) is 8.88. The monoisotopic (exact) mass is 537 g/mol. The highest BCUT2D eigenvalue weighted by Crippen LogP contribution is 2.51. The molecule has 5 nitrogen and oxygen atoms in total. The van der Waals surface area contributed by atoms with E-state index in [0.29, 0.717) is 23.4 Å². The summed E-state index contributed by atoms with van der Waals surface area (Å²) in [6, 6.07) is 12.3. The molecule has 0 saturated heterocycles. The Bertz CT molecular complexity index is 1320. The Morgan fingerprint density at radius 3 is 2.64 bits per heavy atom. The van der Waals surface area contributed by atoms with Crippen LogP contribution in [-0.4, -0.2) is 23.2 Å². The second-order valence-electron chi connectivity index (χ2n) is 11.1. The molecule has 2 aromatic carbocycles.